The van der Waals surface area contributed by atoms with Gasteiger partial charge in [-0.3, -0.25) is 6.08 Å². The van der Waals surface area contributed by atoms with Crippen molar-refractivity contribution in [3.8, 4) is 0 Å². The van der Waals surface area contributed by atoms with Gasteiger partial charge in [-0.1, -0.05) is 99.1 Å². The minimum Gasteiger partial charge on any atom is -0.699 e. The maximum atomic E-state index is 7.00. The van der Waals surface area contributed by atoms with E-state index >= 15 is 0 Å². The summed E-state index contributed by atoms with van der Waals surface area (Å²) >= 11 is 0. The van der Waals surface area contributed by atoms with Gasteiger partial charge in [-0.25, -0.2) is 0 Å². The largest absolute Gasteiger partial charge is 0.699 e. The van der Waals surface area contributed by atoms with Crippen molar-refractivity contribution in [1.29, 1.82) is 0 Å². The van der Waals surface area contributed by atoms with Gasteiger partial charge in [-0.15, -0.1) is 5.69 Å². The van der Waals surface area contributed by atoms with E-state index < -0.39 is 0 Å². The quantitative estimate of drug-likeness (QED) is 0.285. The van der Waals surface area contributed by atoms with Crippen LogP contribution in [0, 0.1) is 68.9 Å². The van der Waals surface area contributed by atoms with Crippen LogP contribution in [0.25, 0.3) is 5.73 Å². The molecule has 0 aromatic heterocycles. The van der Waals surface area contributed by atoms with Gasteiger partial charge in [0.25, 0.3) is 0 Å². The zero-order chi connectivity index (χ0) is 22.3. The van der Waals surface area contributed by atoms with Gasteiger partial charge >= 0.3 is 0 Å². The van der Waals surface area contributed by atoms with Crippen molar-refractivity contribution in [2.75, 3.05) is 0 Å². The molecule has 0 heterocycles. The van der Waals surface area contributed by atoms with Crippen LogP contribution in [0.3, 0.4) is 0 Å². The molecule has 0 unspecified atom stereocenters. The fraction of sp³-hybridized carbons (Fsp3) is 0.357. The summed E-state index contributed by atoms with van der Waals surface area (Å²) in [6, 6.07) is 9.10. The van der Waals surface area contributed by atoms with Gasteiger partial charge in [0.2, 0.25) is 0 Å². The fourth-order valence-corrected chi connectivity index (χ4v) is 3.56. The average molecular weight is 435 g/mol. The molecule has 0 atom stereocenters. The summed E-state index contributed by atoms with van der Waals surface area (Å²) in [5.74, 6) is 0. The van der Waals surface area contributed by atoms with Gasteiger partial charge in [-0.05, 0) is 0 Å². The SMILES string of the molecule is Cc1c(C)c(C)[c-](C)c1C.[CH-]=CC[c-]1c(C)c(C)c(C)c1C.[NH-]c1ccccc1.[Ti]. The molecular formula is C28H37NTi-4. The predicted octanol–water partition coefficient (Wildman–Crippen LogP) is 8.49. The van der Waals surface area contributed by atoms with Gasteiger partial charge < -0.3 is 12.3 Å². The zero-order valence-corrected chi connectivity index (χ0v) is 21.8. The number of benzene rings is 1. The summed E-state index contributed by atoms with van der Waals surface area (Å²) in [4.78, 5) is 0. The first kappa shape index (κ1) is 28.2. The summed E-state index contributed by atoms with van der Waals surface area (Å²) in [6.07, 6.45) is 2.63. The minimum atomic E-state index is 0. The molecule has 0 amide bonds. The van der Waals surface area contributed by atoms with E-state index in [-0.39, 0.29) is 21.7 Å². The third-order valence-corrected chi connectivity index (χ3v) is 6.50. The Balaban J connectivity index is 0.000000427. The van der Waals surface area contributed by atoms with Crippen LogP contribution in [0.2, 0.25) is 0 Å². The molecule has 0 bridgehead atoms. The molecule has 0 aliphatic heterocycles. The first-order chi connectivity index (χ1) is 13.5. The Morgan fingerprint density at radius 2 is 1.10 bits per heavy atom. The first-order valence-electron chi connectivity index (χ1n) is 10.3. The molecule has 1 nitrogen and oxygen atoms in total. The second kappa shape index (κ2) is 12.8. The van der Waals surface area contributed by atoms with E-state index in [0.29, 0.717) is 5.69 Å². The minimum absolute atomic E-state index is 0. The van der Waals surface area contributed by atoms with Crippen molar-refractivity contribution in [3.05, 3.63) is 104 Å². The second-order valence-corrected chi connectivity index (χ2v) is 7.91. The summed E-state index contributed by atoms with van der Waals surface area (Å²) in [6.45, 7) is 25.1. The Kier molecular flexibility index (Phi) is 12.0. The molecular weight excluding hydrogens is 398 g/mol. The van der Waals surface area contributed by atoms with E-state index in [9.17, 15) is 0 Å². The van der Waals surface area contributed by atoms with E-state index in [1.54, 1.807) is 18.2 Å². The zero-order valence-electron chi connectivity index (χ0n) is 20.2. The van der Waals surface area contributed by atoms with Crippen LogP contribution >= 0.6 is 0 Å². The van der Waals surface area contributed by atoms with Crippen molar-refractivity contribution >= 4 is 5.69 Å². The predicted molar refractivity (Wildman–Crippen MR) is 130 cm³/mol. The van der Waals surface area contributed by atoms with Crippen LogP contribution in [-0.2, 0) is 28.1 Å². The molecule has 3 rings (SSSR count). The second-order valence-electron chi connectivity index (χ2n) is 7.91. The monoisotopic (exact) mass is 435 g/mol. The molecule has 3 aromatic rings. The van der Waals surface area contributed by atoms with Crippen LogP contribution in [0.1, 0.15) is 55.6 Å². The molecule has 1 N–H and O–H groups in total. The van der Waals surface area contributed by atoms with Crippen LogP contribution in [0.5, 0.6) is 0 Å². The van der Waals surface area contributed by atoms with Crippen molar-refractivity contribution < 1.29 is 21.7 Å². The molecule has 30 heavy (non-hydrogen) atoms. The summed E-state index contributed by atoms with van der Waals surface area (Å²) in [5.41, 5.74) is 22.0. The molecule has 0 aliphatic rings. The Bertz CT molecular complexity index is 834. The van der Waals surface area contributed by atoms with Crippen LogP contribution in [0.15, 0.2) is 36.4 Å². The number of hydrogen-bond donors (Lipinski definition) is 0. The molecule has 0 fully saturated rings. The molecule has 0 radical (unpaired) electrons. The summed E-state index contributed by atoms with van der Waals surface area (Å²) in [5, 5.41) is 0. The van der Waals surface area contributed by atoms with Crippen LogP contribution < -0.4 is 0 Å². The molecule has 0 saturated heterocycles. The Labute approximate surface area is 200 Å². The maximum Gasteiger partial charge on any atom is 0 e. The summed E-state index contributed by atoms with van der Waals surface area (Å²) < 4.78 is 0. The molecule has 0 spiro atoms. The third-order valence-electron chi connectivity index (χ3n) is 6.50. The molecule has 3 aromatic carbocycles. The van der Waals surface area contributed by atoms with Crippen molar-refractivity contribution in [2.45, 2.75) is 68.7 Å². The fourth-order valence-electron chi connectivity index (χ4n) is 3.56. The van der Waals surface area contributed by atoms with Crippen molar-refractivity contribution in [3.63, 3.8) is 0 Å². The van der Waals surface area contributed by atoms with E-state index in [1.807, 2.05) is 18.2 Å². The van der Waals surface area contributed by atoms with Crippen LogP contribution in [-0.4, -0.2) is 0 Å². The molecule has 0 saturated carbocycles. The normalized spacial score (nSPS) is 9.63. The van der Waals surface area contributed by atoms with Crippen molar-refractivity contribution in [1.82, 2.24) is 0 Å². The number of hydrogen-bond acceptors (Lipinski definition) is 0. The molecule has 162 valence electrons. The maximum absolute atomic E-state index is 7.00. The van der Waals surface area contributed by atoms with E-state index in [1.165, 1.54) is 55.6 Å². The number of nitrogens with one attached hydrogen (secondary N) is 1. The smallest absolute Gasteiger partial charge is 0 e. The third kappa shape index (κ3) is 6.86. The van der Waals surface area contributed by atoms with Crippen molar-refractivity contribution in [2.24, 2.45) is 0 Å². The van der Waals surface area contributed by atoms with Gasteiger partial charge in [0.15, 0.2) is 0 Å². The molecule has 0 aliphatic carbocycles. The van der Waals surface area contributed by atoms with Gasteiger partial charge in [0.1, 0.15) is 0 Å². The van der Waals surface area contributed by atoms with Gasteiger partial charge in [0.05, 0.1) is 0 Å². The molecule has 2 heteroatoms. The van der Waals surface area contributed by atoms with Gasteiger partial charge in [0, 0.05) is 21.7 Å². The Morgan fingerprint density at radius 3 is 1.33 bits per heavy atom. The topological polar surface area (TPSA) is 23.8 Å². The standard InChI is InChI=1S/C12H16.C10H15.C6H6N.Ti/c1-6-7-12-10(4)8(2)9(3)11(12)5;1-6-7(2)9(4)10(5)8(6)3;7-6-4-2-1-3-5-6;/h1,6H,7H2,2-5H3;1-5H3;1-5,7H;/q-2;2*-1;. The number of allylic oxidation sites excluding steroid dienone is 1. The van der Waals surface area contributed by atoms with Gasteiger partial charge in [-0.2, -0.15) is 55.6 Å². The Hall–Kier alpha value is -1.83. The average Bonchev–Trinajstić information content (AvgIpc) is 3.00. The van der Waals surface area contributed by atoms with E-state index in [2.05, 4.69) is 62.3 Å². The Morgan fingerprint density at radius 1 is 0.733 bits per heavy atom. The van der Waals surface area contributed by atoms with E-state index in [4.69, 9.17) is 12.3 Å². The van der Waals surface area contributed by atoms with Crippen LogP contribution in [0.4, 0.5) is 5.69 Å². The summed E-state index contributed by atoms with van der Waals surface area (Å²) in [7, 11) is 0. The number of rotatable bonds is 2. The van der Waals surface area contributed by atoms with E-state index in [0.717, 1.165) is 6.42 Å². The first-order valence-corrected chi connectivity index (χ1v) is 10.3.